The summed E-state index contributed by atoms with van der Waals surface area (Å²) >= 11 is 7.04. The number of hydrogen-bond acceptors (Lipinski definition) is 1. The van der Waals surface area contributed by atoms with Crippen LogP contribution in [0.3, 0.4) is 0 Å². The molecule has 0 saturated carbocycles. The third-order valence-electron chi connectivity index (χ3n) is 1.97. The van der Waals surface area contributed by atoms with Crippen molar-refractivity contribution >= 4 is 30.3 Å². The Hall–Kier alpha value is 1.09. The fourth-order valence-electron chi connectivity index (χ4n) is 1.00. The van der Waals surface area contributed by atoms with Gasteiger partial charge in [0.05, 0.1) is 0 Å². The largest absolute Gasteiger partial charge is 1.00 e. The molecule has 0 unspecified atom stereocenters. The molecule has 0 aliphatic heterocycles. The standard InChI is InChI=1S/C10H10BClF3S.K/c1-8(11(13,14)15)6-16-7-9-4-2-3-5-10(9)12;/h2-5H,1,6-7H2;/q-1;+1. The molecule has 0 aliphatic carbocycles. The molecule has 0 saturated heterocycles. The topological polar surface area (TPSA) is 0 Å². The number of thioether (sulfide) groups is 1. The van der Waals surface area contributed by atoms with Gasteiger partial charge in [0, 0.05) is 10.8 Å². The van der Waals surface area contributed by atoms with Crippen LogP contribution >= 0.6 is 23.4 Å². The predicted molar refractivity (Wildman–Crippen MR) is 65.8 cm³/mol. The van der Waals surface area contributed by atoms with E-state index in [2.05, 4.69) is 6.58 Å². The van der Waals surface area contributed by atoms with Gasteiger partial charge in [0.2, 0.25) is 0 Å². The van der Waals surface area contributed by atoms with Crippen molar-refractivity contribution in [2.75, 3.05) is 5.75 Å². The molecule has 0 spiro atoms. The van der Waals surface area contributed by atoms with Gasteiger partial charge in [0.1, 0.15) is 0 Å². The summed E-state index contributed by atoms with van der Waals surface area (Å²) in [5.41, 5.74) is 0.189. The Morgan fingerprint density at radius 3 is 2.41 bits per heavy atom. The molecule has 0 heterocycles. The Bertz CT molecular complexity index is 384. The van der Waals surface area contributed by atoms with Crippen LogP contribution < -0.4 is 51.4 Å². The molecular formula is C10H10BClF3KS. The third-order valence-corrected chi connectivity index (χ3v) is 3.42. The van der Waals surface area contributed by atoms with Crippen molar-refractivity contribution in [3.63, 3.8) is 0 Å². The Morgan fingerprint density at radius 1 is 1.29 bits per heavy atom. The molecule has 1 aromatic carbocycles. The van der Waals surface area contributed by atoms with Gasteiger partial charge < -0.3 is 12.9 Å². The zero-order chi connectivity index (χ0) is 12.2. The van der Waals surface area contributed by atoms with Gasteiger partial charge in [-0.3, -0.25) is 0 Å². The van der Waals surface area contributed by atoms with Gasteiger partial charge in [0.15, 0.2) is 0 Å². The quantitative estimate of drug-likeness (QED) is 0.743. The summed E-state index contributed by atoms with van der Waals surface area (Å²) in [6, 6.07) is 7.12. The van der Waals surface area contributed by atoms with E-state index in [0.717, 1.165) is 5.56 Å². The molecule has 0 N–H and O–H groups in total. The van der Waals surface area contributed by atoms with Crippen molar-refractivity contribution in [3.8, 4) is 0 Å². The van der Waals surface area contributed by atoms with E-state index >= 15 is 0 Å². The number of hydrogen-bond donors (Lipinski definition) is 0. The zero-order valence-corrected chi connectivity index (χ0v) is 14.1. The number of benzene rings is 1. The fraction of sp³-hybridized carbons (Fsp3) is 0.200. The maximum absolute atomic E-state index is 12.2. The molecule has 88 valence electrons. The van der Waals surface area contributed by atoms with E-state index in [4.69, 9.17) is 11.6 Å². The summed E-state index contributed by atoms with van der Waals surface area (Å²) in [5, 5.41) is 0.582. The van der Waals surface area contributed by atoms with Crippen molar-refractivity contribution in [1.82, 2.24) is 0 Å². The number of rotatable bonds is 5. The van der Waals surface area contributed by atoms with Crippen LogP contribution in [-0.2, 0) is 5.75 Å². The van der Waals surface area contributed by atoms with Crippen molar-refractivity contribution in [3.05, 3.63) is 46.9 Å². The van der Waals surface area contributed by atoms with Crippen molar-refractivity contribution < 1.29 is 64.3 Å². The van der Waals surface area contributed by atoms with Gasteiger partial charge in [0.25, 0.3) is 0 Å². The molecule has 0 atom stereocenters. The summed E-state index contributed by atoms with van der Waals surface area (Å²) in [7, 11) is 0. The molecular weight excluding hydrogens is 295 g/mol. The average molecular weight is 305 g/mol. The van der Waals surface area contributed by atoms with Crippen molar-refractivity contribution in [2.24, 2.45) is 0 Å². The monoisotopic (exact) mass is 304 g/mol. The van der Waals surface area contributed by atoms with Gasteiger partial charge >= 0.3 is 58.4 Å². The van der Waals surface area contributed by atoms with E-state index < -0.39 is 12.4 Å². The van der Waals surface area contributed by atoms with Gasteiger partial charge in [-0.15, -0.1) is 12.1 Å². The summed E-state index contributed by atoms with van der Waals surface area (Å²) in [6.07, 6.45) is 0. The van der Waals surface area contributed by atoms with Gasteiger partial charge in [-0.2, -0.15) is 11.8 Å². The molecule has 1 rings (SSSR count). The van der Waals surface area contributed by atoms with Crippen LogP contribution in [0, 0.1) is 0 Å². The number of halogens is 4. The minimum absolute atomic E-state index is 0. The van der Waals surface area contributed by atoms with E-state index in [1.54, 1.807) is 18.2 Å². The molecule has 0 bridgehead atoms. The smallest absolute Gasteiger partial charge is 0.445 e. The fourth-order valence-corrected chi connectivity index (χ4v) is 2.31. The second-order valence-corrected chi connectivity index (χ2v) is 4.71. The van der Waals surface area contributed by atoms with E-state index in [-0.39, 0.29) is 57.1 Å². The van der Waals surface area contributed by atoms with Gasteiger partial charge in [-0.1, -0.05) is 29.8 Å². The van der Waals surface area contributed by atoms with E-state index in [1.165, 1.54) is 11.8 Å². The van der Waals surface area contributed by atoms with E-state index in [9.17, 15) is 12.9 Å². The molecule has 0 fully saturated rings. The van der Waals surface area contributed by atoms with Crippen molar-refractivity contribution in [2.45, 2.75) is 5.75 Å². The predicted octanol–water partition coefficient (Wildman–Crippen LogP) is 1.52. The Labute approximate surface area is 151 Å². The van der Waals surface area contributed by atoms with Gasteiger partial charge in [-0.25, -0.2) is 0 Å². The first-order chi connectivity index (χ1) is 7.41. The Balaban J connectivity index is 0.00000256. The van der Waals surface area contributed by atoms with Gasteiger partial charge in [-0.05, 0) is 17.4 Å². The second-order valence-electron chi connectivity index (χ2n) is 3.32. The molecule has 0 radical (unpaired) electrons. The molecule has 0 aromatic heterocycles. The molecule has 0 aliphatic rings. The Kier molecular flexibility index (Phi) is 8.83. The normalized spacial score (nSPS) is 10.8. The molecule has 1 aromatic rings. The van der Waals surface area contributed by atoms with Crippen LogP contribution in [0.5, 0.6) is 0 Å². The molecule has 0 amide bonds. The first-order valence-corrected chi connectivity index (χ1v) is 6.13. The molecule has 17 heavy (non-hydrogen) atoms. The SMILES string of the molecule is C=C(CSCc1ccccc1Cl)[B-](F)(F)F.[K+]. The van der Waals surface area contributed by atoms with Crippen LogP contribution in [0.1, 0.15) is 5.56 Å². The maximum Gasteiger partial charge on any atom is 1.00 e. The van der Waals surface area contributed by atoms with Crippen LogP contribution in [0.25, 0.3) is 0 Å². The van der Waals surface area contributed by atoms with Crippen LogP contribution in [-0.4, -0.2) is 12.7 Å². The minimum Gasteiger partial charge on any atom is -0.445 e. The van der Waals surface area contributed by atoms with Crippen molar-refractivity contribution in [1.29, 1.82) is 0 Å². The minimum atomic E-state index is -4.91. The van der Waals surface area contributed by atoms with Crippen LogP contribution in [0.4, 0.5) is 12.9 Å². The first-order valence-electron chi connectivity index (χ1n) is 4.60. The van der Waals surface area contributed by atoms with E-state index in [0.29, 0.717) is 10.8 Å². The molecule has 7 heteroatoms. The average Bonchev–Trinajstić information content (AvgIpc) is 2.19. The summed E-state index contributed by atoms with van der Waals surface area (Å²) in [6.45, 7) is -1.88. The van der Waals surface area contributed by atoms with Crippen LogP contribution in [0.15, 0.2) is 36.3 Å². The van der Waals surface area contributed by atoms with E-state index in [1.807, 2.05) is 6.07 Å². The maximum atomic E-state index is 12.2. The Morgan fingerprint density at radius 2 is 1.88 bits per heavy atom. The summed E-state index contributed by atoms with van der Waals surface area (Å²) < 4.78 is 36.5. The molecule has 0 nitrogen and oxygen atoms in total. The summed E-state index contributed by atoms with van der Waals surface area (Å²) in [5.74, 6) is 0.361. The third kappa shape index (κ3) is 6.71. The summed E-state index contributed by atoms with van der Waals surface area (Å²) in [4.78, 5) is 0. The van der Waals surface area contributed by atoms with Crippen LogP contribution in [0.2, 0.25) is 5.02 Å². The zero-order valence-electron chi connectivity index (χ0n) is 9.43. The second kappa shape index (κ2) is 8.30. The first kappa shape index (κ1) is 18.1.